The smallest absolute Gasteiger partial charge is 0.191 e. The minimum absolute atomic E-state index is 0. The summed E-state index contributed by atoms with van der Waals surface area (Å²) >= 11 is 0. The number of aliphatic imine (C=N–C) groups is 1. The molecule has 6 heteroatoms. The van der Waals surface area contributed by atoms with Crippen molar-refractivity contribution < 1.29 is 4.74 Å². The number of nitrogens with zero attached hydrogens (tertiary/aromatic N) is 2. The highest BCUT2D eigenvalue weighted by atomic mass is 127. The lowest BCUT2D eigenvalue weighted by Gasteiger charge is -2.35. The highest BCUT2D eigenvalue weighted by molar-refractivity contribution is 14.0. The lowest BCUT2D eigenvalue weighted by molar-refractivity contribution is 0.141. The Balaban J connectivity index is 0.00000243. The standard InChI is InChI=1S/C20H32N4O.HI/c1-15(2)24-10-6-7-16(14-24)12-22-20(21-3)23-13-18-11-17-8-4-5-9-19(17)25-18;/h4-5,8-9,15-16,18H,6-7,10-14H2,1-3H3,(H2,21,22,23);1H. The number of ether oxygens (including phenoxy) is 1. The van der Waals surface area contributed by atoms with Gasteiger partial charge in [0.1, 0.15) is 11.9 Å². The fraction of sp³-hybridized carbons (Fsp3) is 0.650. The fourth-order valence-electron chi connectivity index (χ4n) is 3.77. The van der Waals surface area contributed by atoms with Crippen LogP contribution in [0.3, 0.4) is 0 Å². The van der Waals surface area contributed by atoms with E-state index in [-0.39, 0.29) is 30.1 Å². The van der Waals surface area contributed by atoms with Crippen LogP contribution in [0.25, 0.3) is 0 Å². The quantitative estimate of drug-likeness (QED) is 0.393. The molecule has 2 heterocycles. The molecule has 0 spiro atoms. The summed E-state index contributed by atoms with van der Waals surface area (Å²) in [7, 11) is 1.83. The summed E-state index contributed by atoms with van der Waals surface area (Å²) in [6.45, 7) is 8.75. The second-order valence-corrected chi connectivity index (χ2v) is 7.48. The summed E-state index contributed by atoms with van der Waals surface area (Å²) in [6, 6.07) is 8.93. The minimum Gasteiger partial charge on any atom is -0.488 e. The molecule has 0 aliphatic carbocycles. The van der Waals surface area contributed by atoms with E-state index in [1.807, 2.05) is 19.2 Å². The van der Waals surface area contributed by atoms with Crippen molar-refractivity contribution in [2.24, 2.45) is 10.9 Å². The van der Waals surface area contributed by atoms with Gasteiger partial charge in [-0.25, -0.2) is 0 Å². The molecule has 2 atom stereocenters. The zero-order valence-electron chi connectivity index (χ0n) is 16.2. The van der Waals surface area contributed by atoms with Gasteiger partial charge in [0.2, 0.25) is 0 Å². The first kappa shape index (κ1) is 21.3. The lowest BCUT2D eigenvalue weighted by Crippen LogP contribution is -2.47. The average Bonchev–Trinajstić information content (AvgIpc) is 3.05. The Morgan fingerprint density at radius 1 is 1.27 bits per heavy atom. The summed E-state index contributed by atoms with van der Waals surface area (Å²) in [5.74, 6) is 2.59. The van der Waals surface area contributed by atoms with Crippen LogP contribution < -0.4 is 15.4 Å². The van der Waals surface area contributed by atoms with E-state index in [9.17, 15) is 0 Å². The normalized spacial score (nSPS) is 23.2. The van der Waals surface area contributed by atoms with Crippen molar-refractivity contribution in [1.29, 1.82) is 0 Å². The Morgan fingerprint density at radius 3 is 2.77 bits per heavy atom. The summed E-state index contributed by atoms with van der Waals surface area (Å²) in [5.41, 5.74) is 1.30. The SMILES string of the molecule is CN=C(NCC1CCCN(C(C)C)C1)NCC1Cc2ccccc2O1.I. The van der Waals surface area contributed by atoms with Crippen molar-refractivity contribution in [1.82, 2.24) is 15.5 Å². The van der Waals surface area contributed by atoms with E-state index in [1.165, 1.54) is 31.5 Å². The first-order valence-corrected chi connectivity index (χ1v) is 9.59. The largest absolute Gasteiger partial charge is 0.488 e. The molecular weight excluding hydrogens is 439 g/mol. The number of halogens is 1. The van der Waals surface area contributed by atoms with Gasteiger partial charge in [0.25, 0.3) is 0 Å². The van der Waals surface area contributed by atoms with E-state index in [0.717, 1.165) is 31.2 Å². The maximum atomic E-state index is 5.98. The predicted octanol–water partition coefficient (Wildman–Crippen LogP) is 2.89. The molecule has 1 fully saturated rings. The molecule has 2 N–H and O–H groups in total. The number of benzene rings is 1. The zero-order chi connectivity index (χ0) is 17.6. The van der Waals surface area contributed by atoms with Crippen molar-refractivity contribution in [2.45, 2.75) is 45.3 Å². The third kappa shape index (κ3) is 5.74. The molecule has 0 aromatic heterocycles. The van der Waals surface area contributed by atoms with Crippen LogP contribution in [-0.4, -0.2) is 56.2 Å². The molecule has 0 bridgehead atoms. The van der Waals surface area contributed by atoms with E-state index in [2.05, 4.69) is 46.5 Å². The van der Waals surface area contributed by atoms with Gasteiger partial charge < -0.3 is 20.3 Å². The Morgan fingerprint density at radius 2 is 2.04 bits per heavy atom. The monoisotopic (exact) mass is 472 g/mol. The van der Waals surface area contributed by atoms with Gasteiger partial charge in [-0.05, 0) is 50.8 Å². The number of fused-ring (bicyclic) bond motifs is 1. The Bertz CT molecular complexity index is 568. The number of likely N-dealkylation sites (tertiary alicyclic amines) is 1. The van der Waals surface area contributed by atoms with Gasteiger partial charge in [0.15, 0.2) is 5.96 Å². The molecule has 26 heavy (non-hydrogen) atoms. The van der Waals surface area contributed by atoms with Crippen LogP contribution in [0.1, 0.15) is 32.3 Å². The molecule has 0 radical (unpaired) electrons. The number of hydrogen-bond donors (Lipinski definition) is 2. The molecule has 146 valence electrons. The van der Waals surface area contributed by atoms with Crippen LogP contribution >= 0.6 is 24.0 Å². The van der Waals surface area contributed by atoms with E-state index in [1.54, 1.807) is 0 Å². The molecule has 2 aliphatic rings. The fourth-order valence-corrected chi connectivity index (χ4v) is 3.77. The van der Waals surface area contributed by atoms with Crippen LogP contribution in [0, 0.1) is 5.92 Å². The topological polar surface area (TPSA) is 48.9 Å². The Labute approximate surface area is 175 Å². The maximum absolute atomic E-state index is 5.98. The van der Waals surface area contributed by atoms with Crippen molar-refractivity contribution in [3.05, 3.63) is 29.8 Å². The van der Waals surface area contributed by atoms with Crippen LogP contribution in [0.5, 0.6) is 5.75 Å². The second kappa shape index (κ2) is 10.3. The third-order valence-corrected chi connectivity index (χ3v) is 5.27. The van der Waals surface area contributed by atoms with Crippen molar-refractivity contribution >= 4 is 29.9 Å². The van der Waals surface area contributed by atoms with Gasteiger partial charge in [-0.1, -0.05) is 18.2 Å². The molecule has 1 aromatic rings. The van der Waals surface area contributed by atoms with Crippen LogP contribution in [-0.2, 0) is 6.42 Å². The van der Waals surface area contributed by atoms with Crippen molar-refractivity contribution in [2.75, 3.05) is 33.2 Å². The number of rotatable bonds is 5. The molecule has 1 saturated heterocycles. The summed E-state index contributed by atoms with van der Waals surface area (Å²) < 4.78 is 5.98. The Hall–Kier alpha value is -1.02. The second-order valence-electron chi connectivity index (χ2n) is 7.48. The zero-order valence-corrected chi connectivity index (χ0v) is 18.5. The van der Waals surface area contributed by atoms with Gasteiger partial charge in [0, 0.05) is 32.6 Å². The number of nitrogens with one attached hydrogen (secondary N) is 2. The van der Waals surface area contributed by atoms with E-state index >= 15 is 0 Å². The summed E-state index contributed by atoms with van der Waals surface area (Å²) in [6.07, 6.45) is 3.74. The molecule has 2 unspecified atom stereocenters. The number of para-hydroxylation sites is 1. The van der Waals surface area contributed by atoms with Crippen LogP contribution in [0.15, 0.2) is 29.3 Å². The molecule has 0 saturated carbocycles. The number of guanidine groups is 1. The molecule has 0 amide bonds. The summed E-state index contributed by atoms with van der Waals surface area (Å²) in [5, 5.41) is 6.92. The highest BCUT2D eigenvalue weighted by Crippen LogP contribution is 2.27. The number of hydrogen-bond acceptors (Lipinski definition) is 3. The molecule has 1 aromatic carbocycles. The average molecular weight is 472 g/mol. The van der Waals surface area contributed by atoms with Crippen LogP contribution in [0.4, 0.5) is 0 Å². The van der Waals surface area contributed by atoms with Gasteiger partial charge in [-0.15, -0.1) is 24.0 Å². The van der Waals surface area contributed by atoms with Gasteiger partial charge >= 0.3 is 0 Å². The summed E-state index contributed by atoms with van der Waals surface area (Å²) in [4.78, 5) is 6.94. The third-order valence-electron chi connectivity index (χ3n) is 5.27. The molecule has 2 aliphatic heterocycles. The molecular formula is C20H33IN4O. The first-order valence-electron chi connectivity index (χ1n) is 9.59. The van der Waals surface area contributed by atoms with E-state index < -0.39 is 0 Å². The highest BCUT2D eigenvalue weighted by Gasteiger charge is 2.23. The number of piperidine rings is 1. The van der Waals surface area contributed by atoms with Gasteiger partial charge in [0.05, 0.1) is 6.54 Å². The lowest BCUT2D eigenvalue weighted by atomic mass is 9.97. The predicted molar refractivity (Wildman–Crippen MR) is 119 cm³/mol. The van der Waals surface area contributed by atoms with Gasteiger partial charge in [-0.3, -0.25) is 4.99 Å². The van der Waals surface area contributed by atoms with Crippen molar-refractivity contribution in [3.63, 3.8) is 0 Å². The molecule has 5 nitrogen and oxygen atoms in total. The first-order chi connectivity index (χ1) is 12.2. The van der Waals surface area contributed by atoms with Gasteiger partial charge in [-0.2, -0.15) is 0 Å². The molecule has 3 rings (SSSR count). The van der Waals surface area contributed by atoms with Crippen molar-refractivity contribution in [3.8, 4) is 5.75 Å². The van der Waals surface area contributed by atoms with Crippen LogP contribution in [0.2, 0.25) is 0 Å². The van der Waals surface area contributed by atoms with E-state index in [4.69, 9.17) is 4.74 Å². The minimum atomic E-state index is 0. The Kier molecular flexibility index (Phi) is 8.47. The maximum Gasteiger partial charge on any atom is 0.191 e. The van der Waals surface area contributed by atoms with E-state index in [0.29, 0.717) is 12.0 Å².